The van der Waals surface area contributed by atoms with Gasteiger partial charge in [0.1, 0.15) is 0 Å². The van der Waals surface area contributed by atoms with Crippen LogP contribution < -0.4 is 10.1 Å². The molecule has 1 aromatic rings. The first kappa shape index (κ1) is 17.7. The smallest absolute Gasteiger partial charge is 0.273 e. The number of carbonyl (C=O) groups excluding carboxylic acids is 1. The summed E-state index contributed by atoms with van der Waals surface area (Å²) in [5, 5.41) is 12.2. The number of aromatic nitrogens is 1. The van der Waals surface area contributed by atoms with Gasteiger partial charge in [0.05, 0.1) is 13.2 Å². The van der Waals surface area contributed by atoms with Gasteiger partial charge < -0.3 is 15.2 Å². The van der Waals surface area contributed by atoms with Crippen molar-refractivity contribution in [1.29, 1.82) is 0 Å². The fourth-order valence-corrected chi connectivity index (χ4v) is 2.95. The van der Waals surface area contributed by atoms with Gasteiger partial charge in [-0.25, -0.2) is 4.98 Å². The molecule has 1 fully saturated rings. The maximum Gasteiger partial charge on any atom is 0.273 e. The summed E-state index contributed by atoms with van der Waals surface area (Å²) in [6.45, 7) is 5.31. The largest absolute Gasteiger partial charge is 0.491 e. The van der Waals surface area contributed by atoms with Crippen LogP contribution in [-0.4, -0.2) is 59.8 Å². The van der Waals surface area contributed by atoms with E-state index in [0.29, 0.717) is 30.6 Å². The number of nitrogens with one attached hydrogen (secondary N) is 1. The molecule has 2 rings (SSSR count). The minimum Gasteiger partial charge on any atom is -0.491 e. The highest BCUT2D eigenvalue weighted by atomic mass is 16.5. The van der Waals surface area contributed by atoms with Crippen LogP contribution in [0.4, 0.5) is 0 Å². The molecule has 1 saturated heterocycles. The Balaban J connectivity index is 1.69. The zero-order valence-electron chi connectivity index (χ0n) is 13.8. The number of carbonyl (C=O) groups is 1. The third-order valence-corrected chi connectivity index (χ3v) is 4.15. The average molecular weight is 321 g/mol. The molecule has 23 heavy (non-hydrogen) atoms. The summed E-state index contributed by atoms with van der Waals surface area (Å²) in [4.78, 5) is 18.6. The molecule has 6 heteroatoms. The lowest BCUT2D eigenvalue weighted by molar-refractivity contribution is 0.0943. The number of likely N-dealkylation sites (tertiary alicyclic amines) is 1. The van der Waals surface area contributed by atoms with Crippen LogP contribution in [-0.2, 0) is 0 Å². The van der Waals surface area contributed by atoms with Crippen molar-refractivity contribution in [1.82, 2.24) is 15.2 Å². The minimum atomic E-state index is -0.191. The van der Waals surface area contributed by atoms with Crippen LogP contribution in [0.5, 0.6) is 5.75 Å². The van der Waals surface area contributed by atoms with Gasteiger partial charge in [0, 0.05) is 18.8 Å². The Bertz CT molecular complexity index is 496. The number of ether oxygens (including phenoxy) is 1. The lowest BCUT2D eigenvalue weighted by Crippen LogP contribution is -2.33. The van der Waals surface area contributed by atoms with Crippen molar-refractivity contribution >= 4 is 5.91 Å². The highest BCUT2D eigenvalue weighted by Crippen LogP contribution is 2.17. The van der Waals surface area contributed by atoms with E-state index >= 15 is 0 Å². The lowest BCUT2D eigenvalue weighted by Gasteiger charge is -2.22. The van der Waals surface area contributed by atoms with Crippen LogP contribution in [0.3, 0.4) is 0 Å². The Morgan fingerprint density at radius 2 is 2.39 bits per heavy atom. The third kappa shape index (κ3) is 5.18. The van der Waals surface area contributed by atoms with Gasteiger partial charge in [-0.2, -0.15) is 0 Å². The van der Waals surface area contributed by atoms with Crippen LogP contribution in [0.15, 0.2) is 18.3 Å². The van der Waals surface area contributed by atoms with E-state index in [1.807, 2.05) is 6.92 Å². The molecule has 2 N–H and O–H groups in total. The zero-order chi connectivity index (χ0) is 16.5. The number of amides is 1. The lowest BCUT2D eigenvalue weighted by atomic mass is 10.2. The van der Waals surface area contributed by atoms with Crippen LogP contribution in [0.2, 0.25) is 0 Å². The van der Waals surface area contributed by atoms with E-state index in [9.17, 15) is 9.90 Å². The molecule has 0 spiro atoms. The third-order valence-electron chi connectivity index (χ3n) is 4.15. The number of rotatable bonds is 9. The molecular formula is C17H27N3O3. The fourth-order valence-electron chi connectivity index (χ4n) is 2.95. The second kappa shape index (κ2) is 9.47. The molecule has 0 aliphatic carbocycles. The van der Waals surface area contributed by atoms with E-state index in [4.69, 9.17) is 4.74 Å². The Hall–Kier alpha value is -1.66. The van der Waals surface area contributed by atoms with Gasteiger partial charge in [-0.05, 0) is 57.8 Å². The predicted octanol–water partition coefficient (Wildman–Crippen LogP) is 1.45. The summed E-state index contributed by atoms with van der Waals surface area (Å²) in [5.74, 6) is 0.332. The summed E-state index contributed by atoms with van der Waals surface area (Å²) in [6, 6.07) is 3.84. The Morgan fingerprint density at radius 1 is 1.52 bits per heavy atom. The first-order valence-electron chi connectivity index (χ1n) is 8.47. The number of pyridine rings is 1. The number of hydrogen-bond acceptors (Lipinski definition) is 5. The van der Waals surface area contributed by atoms with Gasteiger partial charge in [-0.1, -0.05) is 0 Å². The highest BCUT2D eigenvalue weighted by molar-refractivity contribution is 5.94. The van der Waals surface area contributed by atoms with Crippen molar-refractivity contribution in [2.45, 2.75) is 38.6 Å². The van der Waals surface area contributed by atoms with Gasteiger partial charge in [0.25, 0.3) is 5.91 Å². The summed E-state index contributed by atoms with van der Waals surface area (Å²) in [6.07, 6.45) is 5.78. The molecule has 0 saturated carbocycles. The molecule has 6 nitrogen and oxygen atoms in total. The summed E-state index contributed by atoms with van der Waals surface area (Å²) in [7, 11) is 0. The molecular weight excluding hydrogens is 294 g/mol. The van der Waals surface area contributed by atoms with Gasteiger partial charge >= 0.3 is 0 Å². The molecule has 128 valence electrons. The highest BCUT2D eigenvalue weighted by Gasteiger charge is 2.22. The van der Waals surface area contributed by atoms with E-state index in [0.717, 1.165) is 32.4 Å². The number of aliphatic hydroxyl groups is 1. The molecule has 2 heterocycles. The molecule has 1 aromatic heterocycles. The molecule has 1 atom stereocenters. The zero-order valence-corrected chi connectivity index (χ0v) is 13.8. The topological polar surface area (TPSA) is 74.7 Å². The van der Waals surface area contributed by atoms with E-state index < -0.39 is 0 Å². The van der Waals surface area contributed by atoms with E-state index in [-0.39, 0.29) is 12.5 Å². The Morgan fingerprint density at radius 3 is 3.17 bits per heavy atom. The summed E-state index contributed by atoms with van der Waals surface area (Å²) in [5.41, 5.74) is 0.342. The first-order chi connectivity index (χ1) is 11.3. The molecule has 0 bridgehead atoms. The number of hydrogen-bond donors (Lipinski definition) is 2. The van der Waals surface area contributed by atoms with Crippen LogP contribution in [0.25, 0.3) is 0 Å². The van der Waals surface area contributed by atoms with Gasteiger partial charge in [0.2, 0.25) is 0 Å². The SMILES string of the molecule is CCOc1cccnc1C(=O)NCCCCN1CCC[C@@H]1CO. The van der Waals surface area contributed by atoms with Crippen molar-refractivity contribution in [2.24, 2.45) is 0 Å². The average Bonchev–Trinajstić information content (AvgIpc) is 3.02. The Kier molecular flexibility index (Phi) is 7.29. The fraction of sp³-hybridized carbons (Fsp3) is 0.647. The second-order valence-corrected chi connectivity index (χ2v) is 5.76. The first-order valence-corrected chi connectivity index (χ1v) is 8.47. The monoisotopic (exact) mass is 321 g/mol. The summed E-state index contributed by atoms with van der Waals surface area (Å²) < 4.78 is 5.42. The normalized spacial score (nSPS) is 18.1. The quantitative estimate of drug-likeness (QED) is 0.673. The summed E-state index contributed by atoms with van der Waals surface area (Å²) >= 11 is 0. The minimum absolute atomic E-state index is 0.191. The number of unbranched alkanes of at least 4 members (excludes halogenated alkanes) is 1. The molecule has 0 unspecified atom stereocenters. The van der Waals surface area contributed by atoms with Crippen LogP contribution >= 0.6 is 0 Å². The maximum atomic E-state index is 12.2. The van der Waals surface area contributed by atoms with Crippen LogP contribution in [0, 0.1) is 0 Å². The second-order valence-electron chi connectivity index (χ2n) is 5.76. The predicted molar refractivity (Wildman–Crippen MR) is 88.7 cm³/mol. The van der Waals surface area contributed by atoms with Gasteiger partial charge in [0.15, 0.2) is 11.4 Å². The van der Waals surface area contributed by atoms with Gasteiger partial charge in [-0.15, -0.1) is 0 Å². The maximum absolute atomic E-state index is 12.2. The molecule has 0 radical (unpaired) electrons. The van der Waals surface area contributed by atoms with Crippen molar-refractivity contribution in [3.05, 3.63) is 24.0 Å². The molecule has 1 aliphatic heterocycles. The number of aliphatic hydroxyl groups excluding tert-OH is 1. The van der Waals surface area contributed by atoms with Crippen molar-refractivity contribution in [3.8, 4) is 5.75 Å². The molecule has 0 aromatic carbocycles. The molecule has 1 amide bonds. The van der Waals surface area contributed by atoms with E-state index in [2.05, 4.69) is 15.2 Å². The van der Waals surface area contributed by atoms with Crippen molar-refractivity contribution in [3.63, 3.8) is 0 Å². The standard InChI is InChI=1S/C17H27N3O3/c1-2-23-15-8-5-10-18-16(15)17(22)19-9-3-4-11-20-12-6-7-14(20)13-21/h5,8,10,14,21H,2-4,6-7,9,11-13H2,1H3,(H,19,22)/t14-/m1/s1. The van der Waals surface area contributed by atoms with Crippen LogP contribution in [0.1, 0.15) is 43.1 Å². The van der Waals surface area contributed by atoms with E-state index in [1.165, 1.54) is 6.42 Å². The van der Waals surface area contributed by atoms with Crippen molar-refractivity contribution < 1.29 is 14.6 Å². The molecule has 1 aliphatic rings. The van der Waals surface area contributed by atoms with Gasteiger partial charge in [-0.3, -0.25) is 9.69 Å². The number of nitrogens with zero attached hydrogens (tertiary/aromatic N) is 2. The Labute approximate surface area is 137 Å². The van der Waals surface area contributed by atoms with Crippen molar-refractivity contribution in [2.75, 3.05) is 32.8 Å². The van der Waals surface area contributed by atoms with E-state index in [1.54, 1.807) is 18.3 Å².